The molecule has 0 aliphatic rings. The third kappa shape index (κ3) is 5.73. The van der Waals surface area contributed by atoms with Crippen molar-refractivity contribution in [3.8, 4) is 5.69 Å². The van der Waals surface area contributed by atoms with Crippen LogP contribution in [-0.2, 0) is 5.75 Å². The smallest absolute Gasteiger partial charge is 0.288 e. The minimum absolute atomic E-state index is 0.279. The number of hydrogen-bond acceptors (Lipinski definition) is 4. The van der Waals surface area contributed by atoms with E-state index in [9.17, 15) is 9.59 Å². The number of amides is 2. The summed E-state index contributed by atoms with van der Waals surface area (Å²) in [7, 11) is 0. The standard InChI is InChI=1S/C24H19ClN4O2S2/c25-18-10-12-20(13-11-18)33-15-16-6-8-17(9-7-16)22(30)27-28-23(31)21-14-26-24(32)29(21)19-4-2-1-3-5-19/h1-14H,15H2,(H,26,32)(H,27,30)(H,28,31). The zero-order valence-electron chi connectivity index (χ0n) is 17.2. The number of carbonyl (C=O) groups excluding carboxylic acids is 2. The molecule has 0 fully saturated rings. The Balaban J connectivity index is 1.35. The molecule has 33 heavy (non-hydrogen) atoms. The average molecular weight is 495 g/mol. The molecular weight excluding hydrogens is 476 g/mol. The Morgan fingerprint density at radius 1 is 0.909 bits per heavy atom. The fourth-order valence-corrected chi connectivity index (χ4v) is 4.31. The zero-order valence-corrected chi connectivity index (χ0v) is 19.6. The van der Waals surface area contributed by atoms with Crippen LogP contribution in [0.5, 0.6) is 0 Å². The minimum Gasteiger partial charge on any atom is -0.336 e. The van der Waals surface area contributed by atoms with E-state index in [0.29, 0.717) is 15.4 Å². The van der Waals surface area contributed by atoms with E-state index >= 15 is 0 Å². The second-order valence-corrected chi connectivity index (χ2v) is 8.87. The summed E-state index contributed by atoms with van der Waals surface area (Å²) < 4.78 is 1.98. The van der Waals surface area contributed by atoms with Crippen LogP contribution in [0.15, 0.2) is 90.0 Å². The Hall–Kier alpha value is -3.33. The molecule has 4 rings (SSSR count). The Bertz CT molecular complexity index is 1320. The first kappa shape index (κ1) is 22.8. The molecule has 0 saturated carbocycles. The molecule has 4 aromatic rings. The van der Waals surface area contributed by atoms with Gasteiger partial charge in [-0.15, -0.1) is 11.8 Å². The van der Waals surface area contributed by atoms with Gasteiger partial charge in [0.25, 0.3) is 11.8 Å². The Kier molecular flexibility index (Phi) is 7.29. The lowest BCUT2D eigenvalue weighted by Gasteiger charge is -2.10. The highest BCUT2D eigenvalue weighted by Gasteiger charge is 2.15. The molecule has 0 aliphatic carbocycles. The third-order valence-corrected chi connectivity index (χ3v) is 6.38. The molecule has 1 aromatic heterocycles. The van der Waals surface area contributed by atoms with Gasteiger partial charge in [0.15, 0.2) is 4.77 Å². The van der Waals surface area contributed by atoms with Gasteiger partial charge in [-0.2, -0.15) is 0 Å². The number of H-pyrrole nitrogens is 1. The van der Waals surface area contributed by atoms with Crippen LogP contribution < -0.4 is 10.9 Å². The molecule has 0 spiro atoms. The van der Waals surface area contributed by atoms with E-state index < -0.39 is 11.8 Å². The number of aromatic amines is 1. The number of rotatable bonds is 6. The second kappa shape index (κ2) is 10.5. The summed E-state index contributed by atoms with van der Waals surface area (Å²) in [5.41, 5.74) is 7.43. The van der Waals surface area contributed by atoms with Gasteiger partial charge in [0, 0.05) is 33.1 Å². The first-order valence-electron chi connectivity index (χ1n) is 9.95. The number of thioether (sulfide) groups is 1. The van der Waals surface area contributed by atoms with Crippen LogP contribution in [0.2, 0.25) is 5.02 Å². The number of aromatic nitrogens is 2. The van der Waals surface area contributed by atoms with Crippen molar-refractivity contribution in [3.63, 3.8) is 0 Å². The topological polar surface area (TPSA) is 78.9 Å². The average Bonchev–Trinajstić information content (AvgIpc) is 3.24. The first-order valence-corrected chi connectivity index (χ1v) is 11.7. The van der Waals surface area contributed by atoms with Crippen LogP contribution in [0.3, 0.4) is 0 Å². The summed E-state index contributed by atoms with van der Waals surface area (Å²) in [4.78, 5) is 29.1. The maximum Gasteiger partial charge on any atom is 0.288 e. The van der Waals surface area contributed by atoms with Gasteiger partial charge in [-0.25, -0.2) is 0 Å². The summed E-state index contributed by atoms with van der Waals surface area (Å²) >= 11 is 12.9. The third-order valence-electron chi connectivity index (χ3n) is 4.75. The van der Waals surface area contributed by atoms with Crippen molar-refractivity contribution in [1.29, 1.82) is 0 Å². The SMILES string of the molecule is O=C(NNC(=O)c1c[nH]c(=S)n1-c1ccccc1)c1ccc(CSc2ccc(Cl)cc2)cc1. The van der Waals surface area contributed by atoms with E-state index in [2.05, 4.69) is 15.8 Å². The number of imidazole rings is 1. The van der Waals surface area contributed by atoms with Crippen molar-refractivity contribution in [2.45, 2.75) is 10.6 Å². The van der Waals surface area contributed by atoms with Crippen molar-refractivity contribution in [3.05, 3.63) is 112 Å². The van der Waals surface area contributed by atoms with Gasteiger partial charge in [-0.3, -0.25) is 25.0 Å². The van der Waals surface area contributed by atoms with Crippen LogP contribution in [0.4, 0.5) is 0 Å². The molecule has 166 valence electrons. The van der Waals surface area contributed by atoms with Crippen molar-refractivity contribution in [2.24, 2.45) is 0 Å². The predicted octanol–water partition coefficient (Wildman–Crippen LogP) is 5.56. The highest BCUT2D eigenvalue weighted by molar-refractivity contribution is 7.98. The second-order valence-electron chi connectivity index (χ2n) is 7.00. The normalized spacial score (nSPS) is 10.6. The van der Waals surface area contributed by atoms with E-state index in [1.54, 1.807) is 28.5 Å². The predicted molar refractivity (Wildman–Crippen MR) is 133 cm³/mol. The van der Waals surface area contributed by atoms with Crippen molar-refractivity contribution in [1.82, 2.24) is 20.4 Å². The first-order chi connectivity index (χ1) is 16.0. The van der Waals surface area contributed by atoms with E-state index in [1.165, 1.54) is 6.20 Å². The number of halogens is 1. The Morgan fingerprint density at radius 2 is 1.58 bits per heavy atom. The molecule has 1 heterocycles. The number of benzene rings is 3. The van der Waals surface area contributed by atoms with Gasteiger partial charge in [0.1, 0.15) is 5.69 Å². The number of carbonyl (C=O) groups is 2. The highest BCUT2D eigenvalue weighted by atomic mass is 35.5. The highest BCUT2D eigenvalue weighted by Crippen LogP contribution is 2.24. The lowest BCUT2D eigenvalue weighted by molar-refractivity contribution is 0.0843. The van der Waals surface area contributed by atoms with Gasteiger partial charge in [0.05, 0.1) is 0 Å². The van der Waals surface area contributed by atoms with Crippen LogP contribution in [0, 0.1) is 4.77 Å². The monoisotopic (exact) mass is 494 g/mol. The number of hydrazine groups is 1. The van der Waals surface area contributed by atoms with Crippen LogP contribution in [-0.4, -0.2) is 21.4 Å². The molecular formula is C24H19ClN4O2S2. The molecule has 6 nitrogen and oxygen atoms in total. The van der Waals surface area contributed by atoms with Gasteiger partial charge in [0.2, 0.25) is 0 Å². The summed E-state index contributed by atoms with van der Waals surface area (Å²) in [5, 5.41) is 0.706. The molecule has 0 saturated heterocycles. The Labute approximate surface area is 205 Å². The van der Waals surface area contributed by atoms with E-state index in [1.807, 2.05) is 66.7 Å². The van der Waals surface area contributed by atoms with E-state index in [-0.39, 0.29) is 5.69 Å². The minimum atomic E-state index is -0.490. The zero-order chi connectivity index (χ0) is 23.2. The molecule has 2 amide bonds. The molecule has 3 N–H and O–H groups in total. The number of para-hydroxylation sites is 1. The van der Waals surface area contributed by atoms with Crippen molar-refractivity contribution in [2.75, 3.05) is 0 Å². The van der Waals surface area contributed by atoms with Gasteiger partial charge < -0.3 is 4.98 Å². The largest absolute Gasteiger partial charge is 0.336 e. The maximum absolute atomic E-state index is 12.7. The Morgan fingerprint density at radius 3 is 2.27 bits per heavy atom. The molecule has 0 unspecified atom stereocenters. The summed E-state index contributed by atoms with van der Waals surface area (Å²) in [5.74, 6) is -0.146. The maximum atomic E-state index is 12.7. The van der Waals surface area contributed by atoms with E-state index in [4.69, 9.17) is 23.8 Å². The van der Waals surface area contributed by atoms with Gasteiger partial charge in [-0.1, -0.05) is 41.9 Å². The number of nitrogens with zero attached hydrogens (tertiary/aromatic N) is 1. The molecule has 3 aromatic carbocycles. The molecule has 0 atom stereocenters. The van der Waals surface area contributed by atoms with Crippen molar-refractivity contribution >= 4 is 47.4 Å². The van der Waals surface area contributed by atoms with Crippen LogP contribution in [0.25, 0.3) is 5.69 Å². The van der Waals surface area contributed by atoms with Crippen molar-refractivity contribution < 1.29 is 9.59 Å². The molecule has 9 heteroatoms. The summed E-state index contributed by atoms with van der Waals surface area (Å²) in [6.07, 6.45) is 1.50. The number of nitrogens with one attached hydrogen (secondary N) is 3. The lowest BCUT2D eigenvalue weighted by atomic mass is 10.1. The fraction of sp³-hybridized carbons (Fsp3) is 0.0417. The van der Waals surface area contributed by atoms with Gasteiger partial charge in [-0.05, 0) is 66.3 Å². The van der Waals surface area contributed by atoms with Crippen LogP contribution >= 0.6 is 35.6 Å². The number of hydrogen-bond donors (Lipinski definition) is 3. The lowest BCUT2D eigenvalue weighted by Crippen LogP contribution is -2.42. The van der Waals surface area contributed by atoms with E-state index in [0.717, 1.165) is 21.9 Å². The quantitative estimate of drug-likeness (QED) is 0.186. The molecule has 0 bridgehead atoms. The fourth-order valence-electron chi connectivity index (χ4n) is 3.07. The summed E-state index contributed by atoms with van der Waals surface area (Å²) in [6.45, 7) is 0. The molecule has 0 aliphatic heterocycles. The van der Waals surface area contributed by atoms with Crippen LogP contribution in [0.1, 0.15) is 26.4 Å². The summed E-state index contributed by atoms with van der Waals surface area (Å²) in [6, 6.07) is 24.1. The van der Waals surface area contributed by atoms with Gasteiger partial charge >= 0.3 is 0 Å². The molecule has 0 radical (unpaired) electrons.